The molecule has 1 aromatic carbocycles. The maximum Gasteiger partial charge on any atom is 0.488 e. The first-order chi connectivity index (χ1) is 9.91. The smallest absolute Gasteiger partial charge is 0.444 e. The average Bonchev–Trinajstić information content (AvgIpc) is 2.28. The lowest BCUT2D eigenvalue weighted by Gasteiger charge is -2.20. The molecule has 0 aliphatic carbocycles. The fourth-order valence-electron chi connectivity index (χ4n) is 1.52. The Morgan fingerprint density at radius 1 is 1.32 bits per heavy atom. The summed E-state index contributed by atoms with van der Waals surface area (Å²) in [7, 11) is -5.26. The Kier molecular flexibility index (Phi) is 5.13. The number of rotatable bonds is 4. The summed E-state index contributed by atoms with van der Waals surface area (Å²) in [5.74, 6) is -0.404. The zero-order chi connectivity index (χ0) is 17.1. The molecule has 0 aliphatic rings. The van der Waals surface area contributed by atoms with E-state index in [1.165, 1.54) is 13.0 Å². The van der Waals surface area contributed by atoms with Gasteiger partial charge in [-0.05, 0) is 33.8 Å². The molecule has 1 aromatic rings. The number of halogens is 1. The van der Waals surface area contributed by atoms with E-state index in [1.807, 2.05) is 0 Å². The Labute approximate surface area is 127 Å². The van der Waals surface area contributed by atoms with E-state index in [-0.39, 0.29) is 16.8 Å². The van der Waals surface area contributed by atoms with Crippen LogP contribution >= 0.6 is 0 Å². The highest BCUT2D eigenvalue weighted by molar-refractivity contribution is 7.81. The fourth-order valence-corrected chi connectivity index (χ4v) is 1.91. The van der Waals surface area contributed by atoms with E-state index < -0.39 is 27.9 Å². The Balaban J connectivity index is 3.13. The molecular weight excluding hydrogens is 317 g/mol. The molecule has 0 saturated carbocycles. The van der Waals surface area contributed by atoms with Gasteiger partial charge >= 0.3 is 16.6 Å². The van der Waals surface area contributed by atoms with Crippen LogP contribution in [0.4, 0.5) is 14.4 Å². The SMILES string of the molecule is Cc1c(C=O)cc(NC(=O)OC(C)(C)C)cc1OS(=O)(=O)F. The first-order valence-corrected chi connectivity index (χ1v) is 7.46. The van der Waals surface area contributed by atoms with Gasteiger partial charge in [-0.3, -0.25) is 10.1 Å². The van der Waals surface area contributed by atoms with Gasteiger partial charge in [0.15, 0.2) is 12.0 Å². The van der Waals surface area contributed by atoms with Crippen molar-refractivity contribution < 1.29 is 30.8 Å². The quantitative estimate of drug-likeness (QED) is 0.672. The van der Waals surface area contributed by atoms with Crippen molar-refractivity contribution in [1.29, 1.82) is 0 Å². The topological polar surface area (TPSA) is 98.8 Å². The lowest BCUT2D eigenvalue weighted by Crippen LogP contribution is -2.27. The summed E-state index contributed by atoms with van der Waals surface area (Å²) < 4.78 is 43.0. The van der Waals surface area contributed by atoms with Crippen LogP contribution in [0.3, 0.4) is 0 Å². The number of carbonyl (C=O) groups is 2. The third-order valence-corrected chi connectivity index (χ3v) is 2.74. The minimum atomic E-state index is -5.26. The molecule has 0 atom stereocenters. The van der Waals surface area contributed by atoms with Crippen LogP contribution in [0.15, 0.2) is 12.1 Å². The van der Waals surface area contributed by atoms with Crippen molar-refractivity contribution in [3.63, 3.8) is 0 Å². The second-order valence-corrected chi connectivity index (χ2v) is 6.36. The van der Waals surface area contributed by atoms with Gasteiger partial charge in [0, 0.05) is 22.9 Å². The number of anilines is 1. The highest BCUT2D eigenvalue weighted by Gasteiger charge is 2.19. The highest BCUT2D eigenvalue weighted by Crippen LogP contribution is 2.28. The molecule has 0 heterocycles. The van der Waals surface area contributed by atoms with Gasteiger partial charge in [0.2, 0.25) is 0 Å². The molecule has 0 aliphatic heterocycles. The van der Waals surface area contributed by atoms with Crippen molar-refractivity contribution in [2.75, 3.05) is 5.32 Å². The molecule has 1 N–H and O–H groups in total. The Hall–Kier alpha value is -2.16. The van der Waals surface area contributed by atoms with E-state index in [0.29, 0.717) is 6.29 Å². The summed E-state index contributed by atoms with van der Waals surface area (Å²) in [5.41, 5.74) is -0.567. The molecule has 1 amide bonds. The van der Waals surface area contributed by atoms with Gasteiger partial charge in [-0.2, -0.15) is 8.42 Å². The summed E-state index contributed by atoms with van der Waals surface area (Å²) in [5, 5.41) is 2.31. The minimum Gasteiger partial charge on any atom is -0.444 e. The molecule has 122 valence electrons. The van der Waals surface area contributed by atoms with Crippen LogP contribution in [0.5, 0.6) is 5.75 Å². The molecule has 0 fully saturated rings. The van der Waals surface area contributed by atoms with Crippen LogP contribution in [0.2, 0.25) is 0 Å². The van der Waals surface area contributed by atoms with Crippen LogP contribution in [-0.4, -0.2) is 26.4 Å². The van der Waals surface area contributed by atoms with E-state index in [9.17, 15) is 21.9 Å². The third-order valence-electron chi connectivity index (χ3n) is 2.36. The molecule has 22 heavy (non-hydrogen) atoms. The van der Waals surface area contributed by atoms with Crippen LogP contribution in [0, 0.1) is 6.92 Å². The number of amides is 1. The second kappa shape index (κ2) is 6.30. The van der Waals surface area contributed by atoms with Crippen LogP contribution in [0.1, 0.15) is 36.7 Å². The van der Waals surface area contributed by atoms with E-state index in [1.54, 1.807) is 20.8 Å². The molecular formula is C13H16FNO6S. The number of hydrogen-bond acceptors (Lipinski definition) is 6. The van der Waals surface area contributed by atoms with E-state index in [0.717, 1.165) is 6.07 Å². The number of hydrogen-bond donors (Lipinski definition) is 1. The van der Waals surface area contributed by atoms with Gasteiger partial charge < -0.3 is 8.92 Å². The minimum absolute atomic E-state index is 0.0283. The van der Waals surface area contributed by atoms with Crippen LogP contribution in [0.25, 0.3) is 0 Å². The Morgan fingerprint density at radius 2 is 1.91 bits per heavy atom. The monoisotopic (exact) mass is 333 g/mol. The third kappa shape index (κ3) is 5.68. The summed E-state index contributed by atoms with van der Waals surface area (Å²) in [4.78, 5) is 22.6. The van der Waals surface area contributed by atoms with E-state index in [2.05, 4.69) is 9.50 Å². The van der Waals surface area contributed by atoms with Crippen LogP contribution in [-0.2, 0) is 15.2 Å². The standard InChI is InChI=1S/C13H16FNO6S/c1-8-9(7-16)5-10(6-11(8)21-22(14,18)19)15-12(17)20-13(2,3)4/h5-7H,1-4H3,(H,15,17). The van der Waals surface area contributed by atoms with Crippen molar-refractivity contribution in [3.8, 4) is 5.75 Å². The fraction of sp³-hybridized carbons (Fsp3) is 0.385. The second-order valence-electron chi connectivity index (χ2n) is 5.41. The predicted molar refractivity (Wildman–Crippen MR) is 77.1 cm³/mol. The molecule has 1 rings (SSSR count). The van der Waals surface area contributed by atoms with Crippen molar-refractivity contribution in [2.24, 2.45) is 0 Å². The van der Waals surface area contributed by atoms with Gasteiger partial charge in [0.1, 0.15) is 5.60 Å². The molecule has 0 aromatic heterocycles. The first kappa shape index (κ1) is 17.9. The van der Waals surface area contributed by atoms with E-state index >= 15 is 0 Å². The average molecular weight is 333 g/mol. The normalized spacial score (nSPS) is 11.7. The molecule has 0 unspecified atom stereocenters. The van der Waals surface area contributed by atoms with Gasteiger partial charge in [-0.15, -0.1) is 0 Å². The number of aldehydes is 1. The summed E-state index contributed by atoms with van der Waals surface area (Å²) in [6.07, 6.45) is -0.393. The number of ether oxygens (including phenoxy) is 1. The molecule has 0 bridgehead atoms. The largest absolute Gasteiger partial charge is 0.488 e. The summed E-state index contributed by atoms with van der Waals surface area (Å²) in [6, 6.07) is 2.35. The number of nitrogens with one attached hydrogen (secondary N) is 1. The van der Waals surface area contributed by atoms with Crippen molar-refractivity contribution >= 4 is 28.6 Å². The lowest BCUT2D eigenvalue weighted by atomic mass is 10.1. The molecule has 0 saturated heterocycles. The van der Waals surface area contributed by atoms with Gasteiger partial charge in [-0.1, -0.05) is 3.89 Å². The summed E-state index contributed by atoms with van der Waals surface area (Å²) in [6.45, 7) is 6.34. The lowest BCUT2D eigenvalue weighted by molar-refractivity contribution is 0.0635. The summed E-state index contributed by atoms with van der Waals surface area (Å²) >= 11 is 0. The molecule has 9 heteroatoms. The zero-order valence-corrected chi connectivity index (χ0v) is 13.3. The number of benzene rings is 1. The predicted octanol–water partition coefficient (Wildman–Crippen LogP) is 2.75. The Morgan fingerprint density at radius 3 is 2.36 bits per heavy atom. The Bertz CT molecular complexity index is 693. The van der Waals surface area contributed by atoms with Gasteiger partial charge in [0.05, 0.1) is 0 Å². The van der Waals surface area contributed by atoms with Crippen molar-refractivity contribution in [1.82, 2.24) is 0 Å². The molecule has 0 radical (unpaired) electrons. The molecule has 7 nitrogen and oxygen atoms in total. The number of carbonyl (C=O) groups excluding carboxylic acids is 2. The molecule has 0 spiro atoms. The maximum atomic E-state index is 12.7. The van der Waals surface area contributed by atoms with Gasteiger partial charge in [0.25, 0.3) is 0 Å². The first-order valence-electron chi connectivity index (χ1n) is 6.15. The van der Waals surface area contributed by atoms with Gasteiger partial charge in [-0.25, -0.2) is 4.79 Å². The van der Waals surface area contributed by atoms with Crippen LogP contribution < -0.4 is 9.50 Å². The zero-order valence-electron chi connectivity index (χ0n) is 12.5. The maximum absolute atomic E-state index is 12.7. The van der Waals surface area contributed by atoms with E-state index in [4.69, 9.17) is 4.74 Å². The highest BCUT2D eigenvalue weighted by atomic mass is 32.3. The van der Waals surface area contributed by atoms with Crippen molar-refractivity contribution in [2.45, 2.75) is 33.3 Å². The van der Waals surface area contributed by atoms with Crippen molar-refractivity contribution in [3.05, 3.63) is 23.3 Å².